The summed E-state index contributed by atoms with van der Waals surface area (Å²) in [6, 6.07) is 8.51. The van der Waals surface area contributed by atoms with Crippen LogP contribution in [-0.4, -0.2) is 68.3 Å². The van der Waals surface area contributed by atoms with E-state index in [-0.39, 0.29) is 5.41 Å². The molecule has 5 heteroatoms. The molecule has 0 N–H and O–H groups in total. The number of morpholine rings is 1. The summed E-state index contributed by atoms with van der Waals surface area (Å²) in [4.78, 5) is 18.3. The largest absolute Gasteiger partial charge is 0.497 e. The first-order chi connectivity index (χ1) is 13.2. The number of rotatable bonds is 6. The molecule has 3 aliphatic rings. The van der Waals surface area contributed by atoms with Gasteiger partial charge in [-0.25, -0.2) is 0 Å². The maximum Gasteiger partial charge on any atom is 0.233 e. The topological polar surface area (TPSA) is 42.0 Å². The van der Waals surface area contributed by atoms with E-state index in [0.717, 1.165) is 82.8 Å². The molecule has 1 saturated carbocycles. The first-order valence-electron chi connectivity index (χ1n) is 10.5. The number of hydrogen-bond donors (Lipinski definition) is 0. The molecule has 0 aromatic heterocycles. The molecule has 5 nitrogen and oxygen atoms in total. The summed E-state index contributed by atoms with van der Waals surface area (Å²) < 4.78 is 10.7. The fourth-order valence-electron chi connectivity index (χ4n) is 4.66. The Hall–Kier alpha value is -1.59. The van der Waals surface area contributed by atoms with Gasteiger partial charge >= 0.3 is 0 Å². The van der Waals surface area contributed by atoms with Gasteiger partial charge in [-0.3, -0.25) is 9.69 Å². The Balaban J connectivity index is 1.43. The summed E-state index contributed by atoms with van der Waals surface area (Å²) >= 11 is 0. The highest BCUT2D eigenvalue weighted by atomic mass is 16.5. The summed E-state index contributed by atoms with van der Waals surface area (Å²) in [6.07, 6.45) is 6.57. The van der Waals surface area contributed by atoms with Gasteiger partial charge in [-0.05, 0) is 56.2 Å². The minimum Gasteiger partial charge on any atom is -0.497 e. The molecule has 1 aromatic carbocycles. The minimum absolute atomic E-state index is 0.277. The Morgan fingerprint density at radius 3 is 2.56 bits per heavy atom. The predicted octanol–water partition coefficient (Wildman–Crippen LogP) is 2.83. The number of carbonyl (C=O) groups excluding carboxylic acids is 1. The van der Waals surface area contributed by atoms with Crippen molar-refractivity contribution < 1.29 is 14.3 Å². The lowest BCUT2D eigenvalue weighted by Crippen LogP contribution is -2.49. The van der Waals surface area contributed by atoms with Crippen molar-refractivity contribution in [1.82, 2.24) is 9.80 Å². The molecule has 148 valence electrons. The lowest BCUT2D eigenvalue weighted by Gasteiger charge is -2.39. The zero-order chi connectivity index (χ0) is 18.7. The van der Waals surface area contributed by atoms with E-state index in [1.54, 1.807) is 7.11 Å². The van der Waals surface area contributed by atoms with E-state index in [1.807, 2.05) is 12.1 Å². The van der Waals surface area contributed by atoms with Gasteiger partial charge in [0.25, 0.3) is 0 Å². The van der Waals surface area contributed by atoms with Crippen molar-refractivity contribution in [3.05, 3.63) is 29.8 Å². The molecule has 0 radical (unpaired) electrons. The van der Waals surface area contributed by atoms with Crippen LogP contribution in [-0.2, 0) is 14.9 Å². The number of nitrogens with zero attached hydrogens (tertiary/aromatic N) is 2. The van der Waals surface area contributed by atoms with Gasteiger partial charge in [0.1, 0.15) is 5.75 Å². The van der Waals surface area contributed by atoms with Gasteiger partial charge < -0.3 is 14.4 Å². The minimum atomic E-state index is -0.277. The van der Waals surface area contributed by atoms with Crippen molar-refractivity contribution in [2.75, 3.05) is 46.5 Å². The second kappa shape index (κ2) is 8.19. The van der Waals surface area contributed by atoms with Crippen LogP contribution in [0.15, 0.2) is 24.3 Å². The summed E-state index contributed by atoms with van der Waals surface area (Å²) in [5, 5.41) is 0. The van der Waals surface area contributed by atoms with Crippen LogP contribution < -0.4 is 4.74 Å². The normalized spacial score (nSPS) is 25.2. The summed E-state index contributed by atoms with van der Waals surface area (Å²) in [6.45, 7) is 5.73. The van der Waals surface area contributed by atoms with Gasteiger partial charge in [-0.2, -0.15) is 0 Å². The Morgan fingerprint density at radius 1 is 1.15 bits per heavy atom. The Bertz CT molecular complexity index is 635. The molecule has 0 bridgehead atoms. The zero-order valence-corrected chi connectivity index (χ0v) is 16.5. The highest BCUT2D eigenvalue weighted by molar-refractivity contribution is 5.91. The molecule has 1 aromatic rings. The number of piperidine rings is 1. The fraction of sp³-hybridized carbons (Fsp3) is 0.682. The molecule has 1 unspecified atom stereocenters. The van der Waals surface area contributed by atoms with Crippen LogP contribution in [0.2, 0.25) is 0 Å². The van der Waals surface area contributed by atoms with Crippen molar-refractivity contribution in [2.45, 2.75) is 50.0 Å². The number of hydrogen-bond acceptors (Lipinski definition) is 4. The monoisotopic (exact) mass is 372 g/mol. The quantitative estimate of drug-likeness (QED) is 0.770. The summed E-state index contributed by atoms with van der Waals surface area (Å²) in [5.41, 5.74) is 0.881. The molecule has 3 fully saturated rings. The number of amides is 1. The Kier molecular flexibility index (Phi) is 5.69. The second-order valence-electron chi connectivity index (χ2n) is 8.20. The average molecular weight is 373 g/mol. The van der Waals surface area contributed by atoms with Crippen LogP contribution in [0.4, 0.5) is 0 Å². The molecule has 1 aliphatic carbocycles. The number of carbonyl (C=O) groups is 1. The molecule has 2 saturated heterocycles. The predicted molar refractivity (Wildman–Crippen MR) is 105 cm³/mol. The number of ether oxygens (including phenoxy) is 2. The third kappa shape index (κ3) is 3.99. The van der Waals surface area contributed by atoms with Crippen LogP contribution in [0.1, 0.15) is 44.1 Å². The summed E-state index contributed by atoms with van der Waals surface area (Å²) in [5.74, 6) is 1.21. The van der Waals surface area contributed by atoms with Gasteiger partial charge in [0.05, 0.1) is 25.7 Å². The zero-order valence-electron chi connectivity index (χ0n) is 16.5. The van der Waals surface area contributed by atoms with Gasteiger partial charge in [-0.1, -0.05) is 12.1 Å². The van der Waals surface area contributed by atoms with Crippen LogP contribution in [0.5, 0.6) is 5.75 Å². The van der Waals surface area contributed by atoms with E-state index in [1.165, 1.54) is 6.42 Å². The van der Waals surface area contributed by atoms with Crippen LogP contribution in [0.25, 0.3) is 0 Å². The molecule has 4 rings (SSSR count). The van der Waals surface area contributed by atoms with Crippen LogP contribution in [0, 0.1) is 0 Å². The van der Waals surface area contributed by atoms with Crippen LogP contribution in [0.3, 0.4) is 0 Å². The van der Waals surface area contributed by atoms with E-state index in [9.17, 15) is 4.79 Å². The van der Waals surface area contributed by atoms with Crippen LogP contribution >= 0.6 is 0 Å². The molecular formula is C22H32N2O3. The van der Waals surface area contributed by atoms with Gasteiger partial charge in [-0.15, -0.1) is 0 Å². The van der Waals surface area contributed by atoms with E-state index in [0.29, 0.717) is 11.9 Å². The van der Waals surface area contributed by atoms with E-state index in [2.05, 4.69) is 21.9 Å². The highest BCUT2D eigenvalue weighted by Gasteiger charge is 2.54. The lowest BCUT2D eigenvalue weighted by atomic mass is 9.90. The average Bonchev–Trinajstić information content (AvgIpc) is 3.55. The summed E-state index contributed by atoms with van der Waals surface area (Å²) in [7, 11) is 1.68. The second-order valence-corrected chi connectivity index (χ2v) is 8.20. The number of benzene rings is 1. The van der Waals surface area contributed by atoms with Crippen molar-refractivity contribution in [1.29, 1.82) is 0 Å². The molecule has 0 spiro atoms. The molecular weight excluding hydrogens is 340 g/mol. The Labute approximate surface area is 162 Å². The van der Waals surface area contributed by atoms with Crippen molar-refractivity contribution in [3.63, 3.8) is 0 Å². The lowest BCUT2D eigenvalue weighted by molar-refractivity contribution is -0.138. The fourth-order valence-corrected chi connectivity index (χ4v) is 4.66. The molecule has 1 amide bonds. The number of methoxy groups -OCH3 is 1. The molecule has 27 heavy (non-hydrogen) atoms. The third-order valence-corrected chi connectivity index (χ3v) is 6.57. The van der Waals surface area contributed by atoms with E-state index in [4.69, 9.17) is 9.47 Å². The first-order valence-corrected chi connectivity index (χ1v) is 10.5. The molecule has 2 aliphatic heterocycles. The third-order valence-electron chi connectivity index (χ3n) is 6.57. The van der Waals surface area contributed by atoms with Crippen molar-refractivity contribution in [2.24, 2.45) is 0 Å². The van der Waals surface area contributed by atoms with Crippen molar-refractivity contribution >= 4 is 5.91 Å². The maximum atomic E-state index is 13.6. The van der Waals surface area contributed by atoms with Gasteiger partial charge in [0.15, 0.2) is 0 Å². The van der Waals surface area contributed by atoms with E-state index < -0.39 is 0 Å². The molecule has 1 atom stereocenters. The molecule has 2 heterocycles. The van der Waals surface area contributed by atoms with Crippen molar-refractivity contribution in [3.8, 4) is 5.75 Å². The SMILES string of the molecule is COc1ccc(C2(C(=O)N3CCCCC3CCN3CCOCC3)CC2)cc1. The Morgan fingerprint density at radius 2 is 1.89 bits per heavy atom. The smallest absolute Gasteiger partial charge is 0.233 e. The maximum absolute atomic E-state index is 13.6. The standard InChI is InChI=1S/C22H32N2O3/c1-26-20-7-5-18(6-8-20)22(10-11-22)21(25)24-12-3-2-4-19(24)9-13-23-14-16-27-17-15-23/h5-8,19H,2-4,9-17H2,1H3. The van der Waals surface area contributed by atoms with Gasteiger partial charge in [0, 0.05) is 32.2 Å². The highest BCUT2D eigenvalue weighted by Crippen LogP contribution is 2.50. The van der Waals surface area contributed by atoms with E-state index >= 15 is 0 Å². The first kappa shape index (κ1) is 18.8. The number of likely N-dealkylation sites (tertiary alicyclic amines) is 1. The van der Waals surface area contributed by atoms with Gasteiger partial charge in [0.2, 0.25) is 5.91 Å².